The van der Waals surface area contributed by atoms with Crippen LogP contribution in [0.15, 0.2) is 29.2 Å². The molecule has 2 aromatic rings. The van der Waals surface area contributed by atoms with E-state index in [4.69, 9.17) is 11.6 Å². The number of piperazine rings is 1. The Kier molecular flexibility index (Phi) is 5.15. The Bertz CT molecular complexity index is 903. The molecule has 134 valence electrons. The van der Waals surface area contributed by atoms with Crippen LogP contribution in [-0.2, 0) is 10.0 Å². The number of nitrogens with zero attached hydrogens (tertiary/aromatic N) is 3. The second-order valence-corrected chi connectivity index (χ2v) is 9.29. The summed E-state index contributed by atoms with van der Waals surface area (Å²) < 4.78 is 26.9. The van der Waals surface area contributed by atoms with Crippen molar-refractivity contribution in [2.75, 3.05) is 26.2 Å². The van der Waals surface area contributed by atoms with E-state index in [2.05, 4.69) is 4.98 Å². The molecule has 1 aliphatic heterocycles. The van der Waals surface area contributed by atoms with E-state index in [-0.39, 0.29) is 28.9 Å². The van der Waals surface area contributed by atoms with Crippen molar-refractivity contribution >= 4 is 38.9 Å². The highest BCUT2D eigenvalue weighted by atomic mass is 35.5. The Balaban J connectivity index is 1.73. The van der Waals surface area contributed by atoms with Crippen molar-refractivity contribution < 1.29 is 13.2 Å². The van der Waals surface area contributed by atoms with Crippen LogP contribution in [0.4, 0.5) is 0 Å². The molecule has 9 heteroatoms. The molecule has 1 amide bonds. The molecule has 0 spiro atoms. The molecule has 25 heavy (non-hydrogen) atoms. The SMILES string of the molecule is Cc1nc(C)c(C(=O)N2CCN(S(=O)(=O)c3ccccc3Cl)CC2)s1. The van der Waals surface area contributed by atoms with E-state index in [9.17, 15) is 13.2 Å². The van der Waals surface area contributed by atoms with Crippen molar-refractivity contribution in [1.29, 1.82) is 0 Å². The summed E-state index contributed by atoms with van der Waals surface area (Å²) in [5.74, 6) is -0.0853. The van der Waals surface area contributed by atoms with Crippen LogP contribution in [0, 0.1) is 13.8 Å². The number of amides is 1. The molecule has 1 aromatic heterocycles. The summed E-state index contributed by atoms with van der Waals surface area (Å²) in [5.41, 5.74) is 0.721. The topological polar surface area (TPSA) is 70.6 Å². The van der Waals surface area contributed by atoms with Gasteiger partial charge in [-0.25, -0.2) is 13.4 Å². The van der Waals surface area contributed by atoms with Gasteiger partial charge in [-0.1, -0.05) is 23.7 Å². The molecule has 1 aliphatic rings. The van der Waals surface area contributed by atoms with Gasteiger partial charge in [0.05, 0.1) is 15.7 Å². The van der Waals surface area contributed by atoms with Crippen LogP contribution < -0.4 is 0 Å². The molecular formula is C16H18ClN3O3S2. The number of hydrogen-bond acceptors (Lipinski definition) is 5. The second kappa shape index (κ2) is 7.03. The summed E-state index contributed by atoms with van der Waals surface area (Å²) in [5, 5.41) is 1.05. The third kappa shape index (κ3) is 3.57. The number of thiazole rings is 1. The maximum absolute atomic E-state index is 12.7. The predicted octanol–water partition coefficient (Wildman–Crippen LogP) is 2.56. The number of rotatable bonds is 3. The number of halogens is 1. The van der Waals surface area contributed by atoms with Gasteiger partial charge in [0, 0.05) is 26.2 Å². The van der Waals surface area contributed by atoms with Gasteiger partial charge in [0.15, 0.2) is 0 Å². The van der Waals surface area contributed by atoms with E-state index in [1.807, 2.05) is 13.8 Å². The number of carbonyl (C=O) groups is 1. The first kappa shape index (κ1) is 18.3. The van der Waals surface area contributed by atoms with Crippen LogP contribution in [0.1, 0.15) is 20.4 Å². The van der Waals surface area contributed by atoms with Crippen LogP contribution in [0.2, 0.25) is 5.02 Å². The van der Waals surface area contributed by atoms with Crippen molar-refractivity contribution in [3.8, 4) is 0 Å². The lowest BCUT2D eigenvalue weighted by Gasteiger charge is -2.34. The monoisotopic (exact) mass is 399 g/mol. The number of carbonyl (C=O) groups excluding carboxylic acids is 1. The van der Waals surface area contributed by atoms with E-state index in [0.717, 1.165) is 10.7 Å². The number of aryl methyl sites for hydroxylation is 2. The van der Waals surface area contributed by atoms with Crippen LogP contribution in [0.3, 0.4) is 0 Å². The fourth-order valence-electron chi connectivity index (χ4n) is 2.80. The molecule has 0 unspecified atom stereocenters. The van der Waals surface area contributed by atoms with Crippen molar-refractivity contribution in [2.24, 2.45) is 0 Å². The van der Waals surface area contributed by atoms with Crippen LogP contribution >= 0.6 is 22.9 Å². The molecule has 0 bridgehead atoms. The number of benzene rings is 1. The molecule has 1 saturated heterocycles. The third-order valence-corrected chi connectivity index (χ3v) is 7.54. The number of aromatic nitrogens is 1. The van der Waals surface area contributed by atoms with Crippen molar-refractivity contribution in [1.82, 2.24) is 14.2 Å². The third-order valence-electron chi connectivity index (χ3n) is 4.08. The summed E-state index contributed by atoms with van der Waals surface area (Å²) >= 11 is 7.40. The van der Waals surface area contributed by atoms with E-state index in [1.165, 1.54) is 21.7 Å². The maximum atomic E-state index is 12.7. The molecule has 3 rings (SSSR count). The Morgan fingerprint density at radius 2 is 1.80 bits per heavy atom. The van der Waals surface area contributed by atoms with Gasteiger partial charge in [0.1, 0.15) is 9.77 Å². The van der Waals surface area contributed by atoms with Crippen molar-refractivity contribution in [2.45, 2.75) is 18.7 Å². The van der Waals surface area contributed by atoms with Gasteiger partial charge in [0.2, 0.25) is 10.0 Å². The van der Waals surface area contributed by atoms with Crippen LogP contribution in [0.5, 0.6) is 0 Å². The lowest BCUT2D eigenvalue weighted by molar-refractivity contribution is 0.0702. The summed E-state index contributed by atoms with van der Waals surface area (Å²) in [4.78, 5) is 19.3. The zero-order chi connectivity index (χ0) is 18.2. The minimum Gasteiger partial charge on any atom is -0.335 e. The van der Waals surface area contributed by atoms with Gasteiger partial charge in [-0.2, -0.15) is 4.31 Å². The highest BCUT2D eigenvalue weighted by Crippen LogP contribution is 2.26. The van der Waals surface area contributed by atoms with E-state index in [1.54, 1.807) is 23.1 Å². The normalized spacial score (nSPS) is 16.2. The fourth-order valence-corrected chi connectivity index (χ4v) is 5.60. The molecule has 6 nitrogen and oxygen atoms in total. The summed E-state index contributed by atoms with van der Waals surface area (Å²) in [6, 6.07) is 6.40. The average Bonchev–Trinajstić information content (AvgIpc) is 2.93. The lowest BCUT2D eigenvalue weighted by Crippen LogP contribution is -2.50. The fraction of sp³-hybridized carbons (Fsp3) is 0.375. The summed E-state index contributed by atoms with van der Waals surface area (Å²) in [6.07, 6.45) is 0. The van der Waals surface area contributed by atoms with Gasteiger partial charge >= 0.3 is 0 Å². The first-order valence-electron chi connectivity index (χ1n) is 7.78. The Morgan fingerprint density at radius 1 is 1.16 bits per heavy atom. The van der Waals surface area contributed by atoms with E-state index in [0.29, 0.717) is 18.0 Å². The smallest absolute Gasteiger partial charge is 0.265 e. The zero-order valence-electron chi connectivity index (χ0n) is 13.9. The molecule has 0 atom stereocenters. The summed E-state index contributed by atoms with van der Waals surface area (Å²) in [6.45, 7) is 4.86. The molecule has 1 aromatic carbocycles. The Morgan fingerprint density at radius 3 is 2.36 bits per heavy atom. The standard InChI is InChI=1S/C16H18ClN3O3S2/c1-11-15(24-12(2)18-11)16(21)19-7-9-20(10-8-19)25(22,23)14-6-4-3-5-13(14)17/h3-6H,7-10H2,1-2H3. The van der Waals surface area contributed by atoms with Gasteiger partial charge in [-0.3, -0.25) is 4.79 Å². The summed E-state index contributed by atoms with van der Waals surface area (Å²) in [7, 11) is -3.66. The number of sulfonamides is 1. The zero-order valence-corrected chi connectivity index (χ0v) is 16.3. The first-order chi connectivity index (χ1) is 11.8. The van der Waals surface area contributed by atoms with Gasteiger partial charge in [0.25, 0.3) is 5.91 Å². The highest BCUT2D eigenvalue weighted by Gasteiger charge is 2.32. The molecule has 0 saturated carbocycles. The number of hydrogen-bond donors (Lipinski definition) is 0. The predicted molar refractivity (Wildman–Crippen MR) is 97.7 cm³/mol. The highest BCUT2D eigenvalue weighted by molar-refractivity contribution is 7.89. The molecular weight excluding hydrogens is 382 g/mol. The van der Waals surface area contributed by atoms with Gasteiger partial charge in [-0.05, 0) is 26.0 Å². The van der Waals surface area contributed by atoms with E-state index < -0.39 is 10.0 Å². The Hall–Kier alpha value is -1.48. The minimum absolute atomic E-state index is 0.0853. The van der Waals surface area contributed by atoms with Gasteiger partial charge < -0.3 is 4.90 Å². The molecule has 1 fully saturated rings. The average molecular weight is 400 g/mol. The van der Waals surface area contributed by atoms with Crippen LogP contribution in [-0.4, -0.2) is 54.7 Å². The van der Waals surface area contributed by atoms with Crippen molar-refractivity contribution in [3.63, 3.8) is 0 Å². The van der Waals surface area contributed by atoms with Gasteiger partial charge in [-0.15, -0.1) is 11.3 Å². The molecule has 0 N–H and O–H groups in total. The molecule has 2 heterocycles. The lowest BCUT2D eigenvalue weighted by atomic mass is 10.3. The molecule has 0 radical (unpaired) electrons. The van der Waals surface area contributed by atoms with Crippen LogP contribution in [0.25, 0.3) is 0 Å². The maximum Gasteiger partial charge on any atom is 0.265 e. The quantitative estimate of drug-likeness (QED) is 0.795. The first-order valence-corrected chi connectivity index (χ1v) is 10.4. The Labute approximate surface area is 156 Å². The second-order valence-electron chi connectivity index (χ2n) is 5.77. The largest absolute Gasteiger partial charge is 0.335 e. The molecule has 0 aliphatic carbocycles. The minimum atomic E-state index is -3.66. The van der Waals surface area contributed by atoms with E-state index >= 15 is 0 Å². The van der Waals surface area contributed by atoms with Crippen molar-refractivity contribution in [3.05, 3.63) is 44.9 Å².